The monoisotopic (exact) mass is 313 g/mol. The zero-order valence-corrected chi connectivity index (χ0v) is 12.5. The molecule has 1 amide bonds. The molecule has 1 heterocycles. The molecule has 0 aliphatic rings. The maximum Gasteiger partial charge on any atom is 0.265 e. The quantitative estimate of drug-likeness (QED) is 0.724. The number of Topliss-reactive ketones (excluding diaryl/α,β-unsaturated/α-hetero) is 1. The van der Waals surface area contributed by atoms with Crippen LogP contribution >= 0.6 is 11.3 Å². The lowest BCUT2D eigenvalue weighted by Gasteiger charge is -2.04. The fraction of sp³-hybridized carbons (Fsp3) is 0.0588. The highest BCUT2D eigenvalue weighted by Gasteiger charge is 2.13. The van der Waals surface area contributed by atoms with Gasteiger partial charge in [-0.15, -0.1) is 11.3 Å². The van der Waals surface area contributed by atoms with E-state index >= 15 is 0 Å². The predicted molar refractivity (Wildman–Crippen MR) is 86.2 cm³/mol. The molecule has 2 aromatic carbocycles. The Morgan fingerprint density at radius 2 is 1.86 bits per heavy atom. The second-order valence-corrected chi connectivity index (χ2v) is 5.94. The summed E-state index contributed by atoms with van der Waals surface area (Å²) >= 11 is 1.23. The smallest absolute Gasteiger partial charge is 0.265 e. The van der Waals surface area contributed by atoms with Crippen molar-refractivity contribution in [1.29, 1.82) is 0 Å². The number of hydrogen-bond donors (Lipinski definition) is 1. The number of anilines is 1. The topological polar surface area (TPSA) is 46.2 Å². The molecule has 1 aromatic heterocycles. The molecule has 110 valence electrons. The molecule has 0 fully saturated rings. The molecule has 1 N–H and O–H groups in total. The van der Waals surface area contributed by atoms with Crippen LogP contribution in [-0.4, -0.2) is 11.7 Å². The van der Waals surface area contributed by atoms with Gasteiger partial charge in [-0.05, 0) is 37.3 Å². The van der Waals surface area contributed by atoms with E-state index in [0.717, 1.165) is 4.70 Å². The molecule has 0 aliphatic heterocycles. The largest absolute Gasteiger partial charge is 0.321 e. The van der Waals surface area contributed by atoms with Gasteiger partial charge in [0, 0.05) is 21.3 Å². The number of ketones is 1. The van der Waals surface area contributed by atoms with E-state index in [-0.39, 0.29) is 17.5 Å². The summed E-state index contributed by atoms with van der Waals surface area (Å²) < 4.78 is 14.4. The summed E-state index contributed by atoms with van der Waals surface area (Å²) in [7, 11) is 0. The van der Waals surface area contributed by atoms with Gasteiger partial charge < -0.3 is 5.32 Å². The van der Waals surface area contributed by atoms with Crippen LogP contribution in [0.15, 0.2) is 48.5 Å². The average molecular weight is 313 g/mol. The number of carbonyl (C=O) groups excluding carboxylic acids is 2. The number of fused-ring (bicyclic) bond motifs is 1. The third-order valence-corrected chi connectivity index (χ3v) is 4.36. The molecule has 5 heteroatoms. The molecular weight excluding hydrogens is 301 g/mol. The molecular formula is C17H12FNO2S. The Morgan fingerprint density at radius 1 is 1.09 bits per heavy atom. The first-order chi connectivity index (χ1) is 10.5. The lowest BCUT2D eigenvalue weighted by Crippen LogP contribution is -2.10. The molecule has 0 radical (unpaired) electrons. The van der Waals surface area contributed by atoms with Crippen LogP contribution in [0.25, 0.3) is 10.1 Å². The van der Waals surface area contributed by atoms with Crippen LogP contribution in [0.5, 0.6) is 0 Å². The zero-order chi connectivity index (χ0) is 15.7. The maximum atomic E-state index is 13.7. The molecule has 0 spiro atoms. The van der Waals surface area contributed by atoms with Crippen molar-refractivity contribution in [2.45, 2.75) is 6.92 Å². The first-order valence-electron chi connectivity index (χ1n) is 6.65. The normalized spacial score (nSPS) is 10.6. The molecule has 0 saturated heterocycles. The highest BCUT2D eigenvalue weighted by molar-refractivity contribution is 7.20. The van der Waals surface area contributed by atoms with Gasteiger partial charge in [0.2, 0.25) is 0 Å². The van der Waals surface area contributed by atoms with Gasteiger partial charge in [0.1, 0.15) is 5.82 Å². The Balaban J connectivity index is 1.88. The van der Waals surface area contributed by atoms with E-state index in [0.29, 0.717) is 21.5 Å². The number of carbonyl (C=O) groups is 2. The minimum Gasteiger partial charge on any atom is -0.321 e. The number of nitrogens with one attached hydrogen (secondary N) is 1. The molecule has 0 atom stereocenters. The van der Waals surface area contributed by atoms with Gasteiger partial charge in [0.25, 0.3) is 5.91 Å². The third kappa shape index (κ3) is 2.76. The van der Waals surface area contributed by atoms with Crippen LogP contribution in [0.2, 0.25) is 0 Å². The summed E-state index contributed by atoms with van der Waals surface area (Å²) in [6, 6.07) is 13.0. The highest BCUT2D eigenvalue weighted by atomic mass is 32.1. The van der Waals surface area contributed by atoms with Crippen LogP contribution in [0.1, 0.15) is 27.0 Å². The number of thiophene rings is 1. The van der Waals surface area contributed by atoms with Crippen LogP contribution in [0.3, 0.4) is 0 Å². The van der Waals surface area contributed by atoms with Crippen LogP contribution in [-0.2, 0) is 0 Å². The maximum absolute atomic E-state index is 13.7. The summed E-state index contributed by atoms with van der Waals surface area (Å²) in [6.07, 6.45) is 0. The number of benzene rings is 2. The van der Waals surface area contributed by atoms with Crippen molar-refractivity contribution in [1.82, 2.24) is 0 Å². The standard InChI is InChI=1S/C17H12FNO2S/c1-10(20)11-4-2-5-12(8-11)19-17(21)16-9-13-14(18)6-3-7-15(13)22-16/h2-9H,1H3,(H,19,21). The fourth-order valence-electron chi connectivity index (χ4n) is 2.15. The molecule has 22 heavy (non-hydrogen) atoms. The van der Waals surface area contributed by atoms with Crippen molar-refractivity contribution < 1.29 is 14.0 Å². The van der Waals surface area contributed by atoms with Crippen molar-refractivity contribution in [3.63, 3.8) is 0 Å². The van der Waals surface area contributed by atoms with Crippen LogP contribution in [0.4, 0.5) is 10.1 Å². The van der Waals surface area contributed by atoms with E-state index < -0.39 is 0 Å². The Kier molecular flexibility index (Phi) is 3.73. The molecule has 3 rings (SSSR count). The number of hydrogen-bond acceptors (Lipinski definition) is 3. The van der Waals surface area contributed by atoms with Gasteiger partial charge >= 0.3 is 0 Å². The molecule has 0 saturated carbocycles. The van der Waals surface area contributed by atoms with E-state index in [1.807, 2.05) is 0 Å². The first-order valence-corrected chi connectivity index (χ1v) is 7.46. The minimum absolute atomic E-state index is 0.0694. The minimum atomic E-state index is -0.341. The first kappa shape index (κ1) is 14.4. The van der Waals surface area contributed by atoms with E-state index in [1.54, 1.807) is 42.5 Å². The second-order valence-electron chi connectivity index (χ2n) is 4.85. The van der Waals surface area contributed by atoms with Gasteiger partial charge in [0.15, 0.2) is 5.78 Å². The average Bonchev–Trinajstić information content (AvgIpc) is 2.93. The van der Waals surface area contributed by atoms with E-state index in [4.69, 9.17) is 0 Å². The number of amides is 1. The van der Waals surface area contributed by atoms with Crippen molar-refractivity contribution in [2.24, 2.45) is 0 Å². The van der Waals surface area contributed by atoms with E-state index in [1.165, 1.54) is 24.3 Å². The Bertz CT molecular complexity index is 885. The van der Waals surface area contributed by atoms with Gasteiger partial charge in [-0.3, -0.25) is 9.59 Å². The van der Waals surface area contributed by atoms with Crippen LogP contribution in [0, 0.1) is 5.82 Å². The second kappa shape index (κ2) is 5.69. The van der Waals surface area contributed by atoms with Crippen molar-refractivity contribution >= 4 is 38.8 Å². The van der Waals surface area contributed by atoms with E-state index in [2.05, 4.69) is 5.32 Å². The molecule has 0 unspecified atom stereocenters. The summed E-state index contributed by atoms with van der Waals surface area (Å²) in [4.78, 5) is 24.0. The SMILES string of the molecule is CC(=O)c1cccc(NC(=O)c2cc3c(F)cccc3s2)c1. The summed E-state index contributed by atoms with van der Waals surface area (Å²) in [5.74, 6) is -0.729. The number of rotatable bonds is 3. The summed E-state index contributed by atoms with van der Waals surface area (Å²) in [5.41, 5.74) is 1.07. The highest BCUT2D eigenvalue weighted by Crippen LogP contribution is 2.28. The van der Waals surface area contributed by atoms with Gasteiger partial charge in [-0.25, -0.2) is 4.39 Å². The van der Waals surface area contributed by atoms with Crippen molar-refractivity contribution in [2.75, 3.05) is 5.32 Å². The zero-order valence-electron chi connectivity index (χ0n) is 11.7. The summed E-state index contributed by atoms with van der Waals surface area (Å²) in [5, 5.41) is 3.17. The Labute approximate surface area is 130 Å². The third-order valence-electron chi connectivity index (χ3n) is 3.26. The predicted octanol–water partition coefficient (Wildman–Crippen LogP) is 4.50. The van der Waals surface area contributed by atoms with Crippen molar-refractivity contribution in [3.05, 3.63) is 64.8 Å². The van der Waals surface area contributed by atoms with Crippen molar-refractivity contribution in [3.8, 4) is 0 Å². The molecule has 0 bridgehead atoms. The lowest BCUT2D eigenvalue weighted by molar-refractivity contribution is 0.101. The fourth-order valence-corrected chi connectivity index (χ4v) is 3.12. The molecule has 3 aromatic rings. The molecule has 0 aliphatic carbocycles. The van der Waals surface area contributed by atoms with E-state index in [9.17, 15) is 14.0 Å². The Hall–Kier alpha value is -2.53. The number of halogens is 1. The summed E-state index contributed by atoms with van der Waals surface area (Å²) in [6.45, 7) is 1.47. The van der Waals surface area contributed by atoms with Crippen LogP contribution < -0.4 is 5.32 Å². The Morgan fingerprint density at radius 3 is 2.59 bits per heavy atom. The lowest BCUT2D eigenvalue weighted by atomic mass is 10.1. The van der Waals surface area contributed by atoms with Gasteiger partial charge in [-0.1, -0.05) is 18.2 Å². The molecule has 3 nitrogen and oxygen atoms in total. The van der Waals surface area contributed by atoms with Gasteiger partial charge in [0.05, 0.1) is 4.88 Å². The van der Waals surface area contributed by atoms with Gasteiger partial charge in [-0.2, -0.15) is 0 Å².